The van der Waals surface area contributed by atoms with Crippen molar-refractivity contribution in [1.29, 1.82) is 0 Å². The van der Waals surface area contributed by atoms with Crippen LogP contribution in [0.25, 0.3) is 0 Å². The fourth-order valence-electron chi connectivity index (χ4n) is 1.75. The quantitative estimate of drug-likeness (QED) is 0.750. The predicted octanol–water partition coefficient (Wildman–Crippen LogP) is 4.26. The fourth-order valence-corrected chi connectivity index (χ4v) is 2.73. The molecule has 0 unspecified atom stereocenters. The van der Waals surface area contributed by atoms with Crippen LogP contribution in [0.2, 0.25) is 0 Å². The van der Waals surface area contributed by atoms with E-state index in [0.717, 1.165) is 17.8 Å². The van der Waals surface area contributed by atoms with E-state index in [4.69, 9.17) is 11.6 Å². The van der Waals surface area contributed by atoms with Crippen molar-refractivity contribution < 1.29 is 4.39 Å². The van der Waals surface area contributed by atoms with Crippen LogP contribution in [0.15, 0.2) is 35.7 Å². The Hall–Kier alpha value is -1.06. The number of hydrogen-bond donors (Lipinski definition) is 0. The van der Waals surface area contributed by atoms with E-state index in [2.05, 4.69) is 16.3 Å². The standard InChI is InChI=1S/C13H13ClFNS/c1-16(9-12-3-2-6-17-12)13-5-4-11(15)7-10(13)8-14/h2-7H,8-9H2,1H3. The molecule has 0 amide bonds. The van der Waals surface area contributed by atoms with Crippen LogP contribution >= 0.6 is 22.9 Å². The van der Waals surface area contributed by atoms with Gasteiger partial charge in [0.15, 0.2) is 0 Å². The molecule has 2 aromatic rings. The van der Waals surface area contributed by atoms with E-state index in [9.17, 15) is 4.39 Å². The van der Waals surface area contributed by atoms with Gasteiger partial charge in [-0.2, -0.15) is 0 Å². The van der Waals surface area contributed by atoms with Gasteiger partial charge < -0.3 is 4.90 Å². The molecule has 0 saturated heterocycles. The minimum atomic E-state index is -0.242. The van der Waals surface area contributed by atoms with Gasteiger partial charge in [-0.3, -0.25) is 0 Å². The van der Waals surface area contributed by atoms with Crippen molar-refractivity contribution in [3.63, 3.8) is 0 Å². The molecule has 1 nitrogen and oxygen atoms in total. The van der Waals surface area contributed by atoms with Crippen molar-refractivity contribution in [1.82, 2.24) is 0 Å². The third-order valence-corrected chi connectivity index (χ3v) is 3.72. The first-order valence-corrected chi connectivity index (χ1v) is 6.70. The summed E-state index contributed by atoms with van der Waals surface area (Å²) in [7, 11) is 1.99. The van der Waals surface area contributed by atoms with Gasteiger partial charge in [-0.1, -0.05) is 6.07 Å². The minimum Gasteiger partial charge on any atom is -0.369 e. The SMILES string of the molecule is CN(Cc1cccs1)c1ccc(F)cc1CCl. The molecule has 0 saturated carbocycles. The van der Waals surface area contributed by atoms with Gasteiger partial charge in [0.05, 0.1) is 6.54 Å². The maximum absolute atomic E-state index is 13.1. The number of thiophene rings is 1. The van der Waals surface area contributed by atoms with Crippen molar-refractivity contribution in [2.24, 2.45) is 0 Å². The van der Waals surface area contributed by atoms with E-state index in [-0.39, 0.29) is 5.82 Å². The first-order chi connectivity index (χ1) is 8.20. The molecule has 0 aliphatic carbocycles. The van der Waals surface area contributed by atoms with Gasteiger partial charge >= 0.3 is 0 Å². The second-order valence-electron chi connectivity index (χ2n) is 3.84. The molecule has 0 aliphatic rings. The number of nitrogens with zero attached hydrogens (tertiary/aromatic N) is 1. The van der Waals surface area contributed by atoms with Crippen molar-refractivity contribution in [2.45, 2.75) is 12.4 Å². The maximum Gasteiger partial charge on any atom is 0.123 e. The van der Waals surface area contributed by atoms with Crippen LogP contribution < -0.4 is 4.90 Å². The zero-order chi connectivity index (χ0) is 12.3. The van der Waals surface area contributed by atoms with E-state index >= 15 is 0 Å². The summed E-state index contributed by atoms with van der Waals surface area (Å²) in [4.78, 5) is 3.36. The van der Waals surface area contributed by atoms with E-state index in [1.807, 2.05) is 13.1 Å². The fraction of sp³-hybridized carbons (Fsp3) is 0.231. The highest BCUT2D eigenvalue weighted by Crippen LogP contribution is 2.24. The van der Waals surface area contributed by atoms with E-state index in [1.165, 1.54) is 17.0 Å². The van der Waals surface area contributed by atoms with Gasteiger partial charge in [0.2, 0.25) is 0 Å². The summed E-state index contributed by atoms with van der Waals surface area (Å²) >= 11 is 7.55. The highest BCUT2D eigenvalue weighted by atomic mass is 35.5. The van der Waals surface area contributed by atoms with Crippen LogP contribution in [-0.2, 0) is 12.4 Å². The number of anilines is 1. The molecule has 0 atom stereocenters. The Morgan fingerprint density at radius 2 is 2.18 bits per heavy atom. The topological polar surface area (TPSA) is 3.24 Å². The van der Waals surface area contributed by atoms with Crippen molar-refractivity contribution in [2.75, 3.05) is 11.9 Å². The van der Waals surface area contributed by atoms with E-state index < -0.39 is 0 Å². The maximum atomic E-state index is 13.1. The monoisotopic (exact) mass is 269 g/mol. The summed E-state index contributed by atoms with van der Waals surface area (Å²) in [5.74, 6) is 0.0796. The van der Waals surface area contributed by atoms with Crippen LogP contribution in [0.1, 0.15) is 10.4 Å². The molecule has 1 heterocycles. The molecule has 0 aliphatic heterocycles. The number of rotatable bonds is 4. The summed E-state index contributed by atoms with van der Waals surface area (Å²) in [5, 5.41) is 2.05. The molecule has 0 fully saturated rings. The van der Waals surface area contributed by atoms with Crippen LogP contribution in [0.3, 0.4) is 0 Å². The average Bonchev–Trinajstić information content (AvgIpc) is 2.81. The average molecular weight is 270 g/mol. The van der Waals surface area contributed by atoms with Gasteiger partial charge in [-0.05, 0) is 35.2 Å². The molecule has 17 heavy (non-hydrogen) atoms. The molecule has 2 rings (SSSR count). The van der Waals surface area contributed by atoms with Crippen LogP contribution in [0.5, 0.6) is 0 Å². The molecule has 4 heteroatoms. The Bertz CT molecular complexity index is 484. The van der Waals surface area contributed by atoms with Crippen molar-refractivity contribution >= 4 is 28.6 Å². The Morgan fingerprint density at radius 3 is 2.82 bits per heavy atom. The molecular weight excluding hydrogens is 257 g/mol. The first kappa shape index (κ1) is 12.4. The lowest BCUT2D eigenvalue weighted by molar-refractivity contribution is 0.626. The molecule has 1 aromatic heterocycles. The Morgan fingerprint density at radius 1 is 1.35 bits per heavy atom. The van der Waals surface area contributed by atoms with Crippen LogP contribution in [0, 0.1) is 5.82 Å². The number of halogens is 2. The van der Waals surface area contributed by atoms with E-state index in [1.54, 1.807) is 17.4 Å². The third-order valence-electron chi connectivity index (χ3n) is 2.57. The summed E-state index contributed by atoms with van der Waals surface area (Å²) in [6.07, 6.45) is 0. The zero-order valence-electron chi connectivity index (χ0n) is 9.49. The largest absolute Gasteiger partial charge is 0.369 e. The highest BCUT2D eigenvalue weighted by molar-refractivity contribution is 7.09. The van der Waals surface area contributed by atoms with Crippen molar-refractivity contribution in [3.8, 4) is 0 Å². The Labute approximate surface area is 109 Å². The van der Waals surface area contributed by atoms with Gasteiger partial charge in [-0.15, -0.1) is 22.9 Å². The summed E-state index contributed by atoms with van der Waals surface area (Å²) in [5.41, 5.74) is 1.81. The second-order valence-corrected chi connectivity index (χ2v) is 5.14. The van der Waals surface area contributed by atoms with Crippen LogP contribution in [0.4, 0.5) is 10.1 Å². The molecule has 0 spiro atoms. The Balaban J connectivity index is 2.21. The lowest BCUT2D eigenvalue weighted by atomic mass is 10.2. The lowest BCUT2D eigenvalue weighted by Crippen LogP contribution is -2.17. The number of benzene rings is 1. The van der Waals surface area contributed by atoms with Gasteiger partial charge in [0.25, 0.3) is 0 Å². The third kappa shape index (κ3) is 2.99. The number of hydrogen-bond acceptors (Lipinski definition) is 2. The Kier molecular flexibility index (Phi) is 4.02. The van der Waals surface area contributed by atoms with Crippen LogP contribution in [-0.4, -0.2) is 7.05 Å². The van der Waals surface area contributed by atoms with Gasteiger partial charge in [-0.25, -0.2) is 4.39 Å². The summed E-state index contributed by atoms with van der Waals surface area (Å²) < 4.78 is 13.1. The zero-order valence-corrected chi connectivity index (χ0v) is 11.1. The van der Waals surface area contributed by atoms with Crippen molar-refractivity contribution in [3.05, 3.63) is 52.0 Å². The molecule has 0 N–H and O–H groups in total. The van der Waals surface area contributed by atoms with Gasteiger partial charge in [0, 0.05) is 23.5 Å². The first-order valence-electron chi connectivity index (χ1n) is 5.28. The summed E-state index contributed by atoms with van der Waals surface area (Å²) in [6.45, 7) is 0.813. The molecule has 90 valence electrons. The molecule has 0 bridgehead atoms. The summed E-state index contributed by atoms with van der Waals surface area (Å²) in [6, 6.07) is 8.86. The normalized spacial score (nSPS) is 10.5. The molecule has 0 radical (unpaired) electrons. The number of alkyl halides is 1. The minimum absolute atomic E-state index is 0.242. The molecular formula is C13H13ClFNS. The highest BCUT2D eigenvalue weighted by Gasteiger charge is 2.09. The second kappa shape index (κ2) is 5.52. The van der Waals surface area contributed by atoms with Gasteiger partial charge in [0.1, 0.15) is 5.82 Å². The van der Waals surface area contributed by atoms with E-state index in [0.29, 0.717) is 5.88 Å². The predicted molar refractivity (Wildman–Crippen MR) is 72.4 cm³/mol. The smallest absolute Gasteiger partial charge is 0.123 e. The lowest BCUT2D eigenvalue weighted by Gasteiger charge is -2.21. The molecule has 1 aromatic carbocycles.